The summed E-state index contributed by atoms with van der Waals surface area (Å²) in [6.45, 7) is 10.5. The summed E-state index contributed by atoms with van der Waals surface area (Å²) in [6.07, 6.45) is 4.18. The largest absolute Gasteiger partial charge is 0.493 e. The molecule has 0 aliphatic carbocycles. The number of rotatable bonds is 4. The van der Waals surface area contributed by atoms with Crippen LogP contribution in [0.1, 0.15) is 58.7 Å². The monoisotopic (exact) mass is 295 g/mol. The fourth-order valence-corrected chi connectivity index (χ4v) is 3.22. The topological polar surface area (TPSA) is 50.5 Å². The molecule has 0 aromatic carbocycles. The maximum absolute atomic E-state index is 11.3. The van der Waals surface area contributed by atoms with Crippen LogP contribution in [0, 0.1) is 0 Å². The highest BCUT2D eigenvalue weighted by Crippen LogP contribution is 2.39. The van der Waals surface area contributed by atoms with Gasteiger partial charge in [-0.25, -0.2) is 0 Å². The first-order valence-corrected chi connectivity index (χ1v) is 7.97. The Bertz CT molecular complexity index is 470. The SMILES string of the molecule is COc1cnn(C(C)C)c1C1(O)CCCN(C(C)C)CC1. The molecule has 5 nitrogen and oxygen atoms in total. The van der Waals surface area contributed by atoms with Gasteiger partial charge in [0, 0.05) is 18.6 Å². The number of hydrogen-bond donors (Lipinski definition) is 1. The normalized spacial score (nSPS) is 24.6. The zero-order valence-electron chi connectivity index (χ0n) is 14.0. The second kappa shape index (κ2) is 6.36. The first-order valence-electron chi connectivity index (χ1n) is 7.97. The summed E-state index contributed by atoms with van der Waals surface area (Å²) in [5.41, 5.74) is -0.0129. The van der Waals surface area contributed by atoms with E-state index >= 15 is 0 Å². The summed E-state index contributed by atoms with van der Waals surface area (Å²) >= 11 is 0. The molecule has 1 fully saturated rings. The average molecular weight is 295 g/mol. The maximum atomic E-state index is 11.3. The lowest BCUT2D eigenvalue weighted by molar-refractivity contribution is 0.00847. The van der Waals surface area contributed by atoms with Crippen molar-refractivity contribution >= 4 is 0 Å². The van der Waals surface area contributed by atoms with Gasteiger partial charge >= 0.3 is 0 Å². The van der Waals surface area contributed by atoms with Crippen molar-refractivity contribution in [2.45, 2.75) is 64.6 Å². The molecule has 1 atom stereocenters. The van der Waals surface area contributed by atoms with Gasteiger partial charge in [0.05, 0.1) is 13.3 Å². The summed E-state index contributed by atoms with van der Waals surface area (Å²) in [7, 11) is 1.64. The third-order valence-electron chi connectivity index (χ3n) is 4.49. The molecule has 1 saturated heterocycles. The molecule has 1 N–H and O–H groups in total. The van der Waals surface area contributed by atoms with E-state index in [1.165, 1.54) is 0 Å². The molecular weight excluding hydrogens is 266 g/mol. The van der Waals surface area contributed by atoms with Crippen molar-refractivity contribution in [2.24, 2.45) is 0 Å². The first kappa shape index (κ1) is 16.3. The van der Waals surface area contributed by atoms with Crippen LogP contribution in [0.2, 0.25) is 0 Å². The van der Waals surface area contributed by atoms with Crippen LogP contribution in [-0.4, -0.2) is 46.0 Å². The molecule has 1 aliphatic rings. The van der Waals surface area contributed by atoms with E-state index in [9.17, 15) is 5.11 Å². The highest BCUT2D eigenvalue weighted by molar-refractivity contribution is 5.31. The quantitative estimate of drug-likeness (QED) is 0.927. The molecule has 2 rings (SSSR count). The molecule has 0 saturated carbocycles. The van der Waals surface area contributed by atoms with E-state index in [1.807, 2.05) is 4.68 Å². The predicted octanol–water partition coefficient (Wildman–Crippen LogP) is 2.55. The average Bonchev–Trinajstić information content (AvgIpc) is 2.77. The summed E-state index contributed by atoms with van der Waals surface area (Å²) in [6, 6.07) is 0.724. The number of likely N-dealkylation sites (tertiary alicyclic amines) is 1. The van der Waals surface area contributed by atoms with Gasteiger partial charge in [-0.15, -0.1) is 0 Å². The third-order valence-corrected chi connectivity index (χ3v) is 4.49. The van der Waals surface area contributed by atoms with Crippen LogP contribution in [-0.2, 0) is 5.60 Å². The second-order valence-electron chi connectivity index (χ2n) is 6.61. The second-order valence-corrected chi connectivity index (χ2v) is 6.61. The van der Waals surface area contributed by atoms with Crippen molar-refractivity contribution in [3.05, 3.63) is 11.9 Å². The number of aromatic nitrogens is 2. The molecule has 0 bridgehead atoms. The lowest BCUT2D eigenvalue weighted by Crippen LogP contribution is -2.34. The van der Waals surface area contributed by atoms with Crippen molar-refractivity contribution in [3.8, 4) is 5.75 Å². The van der Waals surface area contributed by atoms with Crippen LogP contribution in [0.3, 0.4) is 0 Å². The highest BCUT2D eigenvalue weighted by atomic mass is 16.5. The molecule has 1 unspecified atom stereocenters. The van der Waals surface area contributed by atoms with Crippen LogP contribution < -0.4 is 4.74 Å². The summed E-state index contributed by atoms with van der Waals surface area (Å²) in [5, 5.41) is 15.7. The fourth-order valence-electron chi connectivity index (χ4n) is 3.22. The van der Waals surface area contributed by atoms with Gasteiger partial charge in [-0.3, -0.25) is 4.68 Å². The van der Waals surface area contributed by atoms with Crippen molar-refractivity contribution in [3.63, 3.8) is 0 Å². The van der Waals surface area contributed by atoms with E-state index in [-0.39, 0.29) is 6.04 Å². The van der Waals surface area contributed by atoms with Crippen LogP contribution in [0.15, 0.2) is 6.20 Å². The highest BCUT2D eigenvalue weighted by Gasteiger charge is 2.38. The Labute approximate surface area is 127 Å². The van der Waals surface area contributed by atoms with Crippen LogP contribution in [0.4, 0.5) is 0 Å². The minimum atomic E-state index is -0.851. The smallest absolute Gasteiger partial charge is 0.162 e. The van der Waals surface area contributed by atoms with Gasteiger partial charge < -0.3 is 14.7 Å². The molecule has 0 spiro atoms. The molecular formula is C16H29N3O2. The zero-order valence-corrected chi connectivity index (χ0v) is 14.0. The molecule has 5 heteroatoms. The number of ether oxygens (including phenoxy) is 1. The molecule has 1 aliphatic heterocycles. The molecule has 120 valence electrons. The minimum absolute atomic E-state index is 0.206. The van der Waals surface area contributed by atoms with Crippen molar-refractivity contribution < 1.29 is 9.84 Å². The Morgan fingerprint density at radius 1 is 1.19 bits per heavy atom. The lowest BCUT2D eigenvalue weighted by atomic mass is 9.90. The Kier molecular flexibility index (Phi) is 4.94. The molecule has 0 radical (unpaired) electrons. The van der Waals surface area contributed by atoms with E-state index < -0.39 is 5.60 Å². The Morgan fingerprint density at radius 3 is 2.48 bits per heavy atom. The van der Waals surface area contributed by atoms with Crippen LogP contribution in [0.5, 0.6) is 5.75 Å². The van der Waals surface area contributed by atoms with Crippen molar-refractivity contribution in [2.75, 3.05) is 20.2 Å². The van der Waals surface area contributed by atoms with Gasteiger partial charge in [-0.2, -0.15) is 5.10 Å². The van der Waals surface area contributed by atoms with E-state index in [2.05, 4.69) is 37.7 Å². The minimum Gasteiger partial charge on any atom is -0.493 e. The number of nitrogens with zero attached hydrogens (tertiary/aromatic N) is 3. The number of methoxy groups -OCH3 is 1. The Balaban J connectivity index is 2.33. The van der Waals surface area contributed by atoms with E-state index in [4.69, 9.17) is 4.74 Å². The standard InChI is InChI=1S/C16H29N3O2/c1-12(2)18-9-6-7-16(20,8-10-18)15-14(21-5)11-17-19(15)13(3)4/h11-13,20H,6-10H2,1-5H3. The number of aliphatic hydroxyl groups is 1. The van der Waals surface area contributed by atoms with Gasteiger partial charge in [0.1, 0.15) is 11.3 Å². The van der Waals surface area contributed by atoms with Gasteiger partial charge in [0.2, 0.25) is 0 Å². The fraction of sp³-hybridized carbons (Fsp3) is 0.812. The molecule has 2 heterocycles. The van der Waals surface area contributed by atoms with E-state index in [0.29, 0.717) is 11.8 Å². The molecule has 21 heavy (non-hydrogen) atoms. The van der Waals surface area contributed by atoms with Gasteiger partial charge in [-0.05, 0) is 53.5 Å². The summed E-state index contributed by atoms with van der Waals surface area (Å²) in [5.74, 6) is 0.698. The maximum Gasteiger partial charge on any atom is 0.162 e. The Morgan fingerprint density at radius 2 is 1.90 bits per heavy atom. The van der Waals surface area contributed by atoms with Crippen LogP contribution >= 0.6 is 0 Å². The third kappa shape index (κ3) is 3.24. The van der Waals surface area contributed by atoms with Gasteiger partial charge in [0.25, 0.3) is 0 Å². The van der Waals surface area contributed by atoms with E-state index in [1.54, 1.807) is 13.3 Å². The summed E-state index contributed by atoms with van der Waals surface area (Å²) in [4.78, 5) is 2.43. The molecule has 0 amide bonds. The first-order chi connectivity index (χ1) is 9.89. The van der Waals surface area contributed by atoms with Gasteiger partial charge in [0.15, 0.2) is 5.75 Å². The molecule has 1 aromatic heterocycles. The van der Waals surface area contributed by atoms with Crippen molar-refractivity contribution in [1.82, 2.24) is 14.7 Å². The molecule has 1 aromatic rings. The van der Waals surface area contributed by atoms with Crippen LogP contribution in [0.25, 0.3) is 0 Å². The predicted molar refractivity (Wildman–Crippen MR) is 83.6 cm³/mol. The van der Waals surface area contributed by atoms with Gasteiger partial charge in [-0.1, -0.05) is 0 Å². The number of hydrogen-bond acceptors (Lipinski definition) is 4. The zero-order chi connectivity index (χ0) is 15.6. The lowest BCUT2D eigenvalue weighted by Gasteiger charge is -2.30. The summed E-state index contributed by atoms with van der Waals surface area (Å²) < 4.78 is 7.36. The van der Waals surface area contributed by atoms with Crippen molar-refractivity contribution in [1.29, 1.82) is 0 Å². The van der Waals surface area contributed by atoms with E-state index in [0.717, 1.165) is 38.0 Å². The Hall–Kier alpha value is -1.07.